The van der Waals surface area contributed by atoms with Crippen LogP contribution in [0.4, 0.5) is 26.3 Å². The largest absolute Gasteiger partial charge is 0.416 e. The fraction of sp³-hybridized carbons (Fsp3) is 0.350. The van der Waals surface area contributed by atoms with Crippen molar-refractivity contribution in [1.29, 1.82) is 0 Å². The summed E-state index contributed by atoms with van der Waals surface area (Å²) in [5.74, 6) is -0.594. The Morgan fingerprint density at radius 3 is 2.03 bits per heavy atom. The molecular weight excluding hydrogens is 414 g/mol. The number of hydrogen-bond acceptors (Lipinski definition) is 3. The SMILES string of the molecule is COCCNC(C(=O)NCc1cc(C(F)(F)F)cc(C(F)(F)F)c1)c1ccccc1. The van der Waals surface area contributed by atoms with E-state index < -0.39 is 42.0 Å². The van der Waals surface area contributed by atoms with Crippen LogP contribution in [0.3, 0.4) is 0 Å². The molecule has 0 heterocycles. The molecule has 2 aromatic carbocycles. The number of alkyl halides is 6. The average Bonchev–Trinajstić information content (AvgIpc) is 2.68. The summed E-state index contributed by atoms with van der Waals surface area (Å²) in [7, 11) is 1.48. The van der Waals surface area contributed by atoms with Gasteiger partial charge >= 0.3 is 12.4 Å². The van der Waals surface area contributed by atoms with Crippen molar-refractivity contribution < 1.29 is 35.9 Å². The van der Waals surface area contributed by atoms with Crippen LogP contribution in [-0.2, 0) is 28.4 Å². The minimum Gasteiger partial charge on any atom is -0.383 e. The van der Waals surface area contributed by atoms with Gasteiger partial charge in [-0.1, -0.05) is 30.3 Å². The van der Waals surface area contributed by atoms with Gasteiger partial charge in [-0.25, -0.2) is 0 Å². The highest BCUT2D eigenvalue weighted by atomic mass is 19.4. The number of benzene rings is 2. The number of methoxy groups -OCH3 is 1. The summed E-state index contributed by atoms with van der Waals surface area (Å²) in [5, 5.41) is 5.35. The van der Waals surface area contributed by atoms with Gasteiger partial charge in [0.1, 0.15) is 6.04 Å². The van der Waals surface area contributed by atoms with E-state index in [9.17, 15) is 31.1 Å². The number of hydrogen-bond donors (Lipinski definition) is 2. The Morgan fingerprint density at radius 2 is 1.53 bits per heavy atom. The standard InChI is InChI=1S/C20H20F6N2O2/c1-30-8-7-27-17(14-5-3-2-4-6-14)18(29)28-12-13-9-15(19(21,22)23)11-16(10-13)20(24,25)26/h2-6,9-11,17,27H,7-8,12H2,1H3,(H,28,29). The first kappa shape index (κ1) is 23.7. The van der Waals surface area contributed by atoms with Crippen molar-refractivity contribution in [1.82, 2.24) is 10.6 Å². The van der Waals surface area contributed by atoms with Crippen molar-refractivity contribution in [2.75, 3.05) is 20.3 Å². The Bertz CT molecular complexity index is 805. The maximum atomic E-state index is 13.0. The number of amides is 1. The van der Waals surface area contributed by atoms with Crippen molar-refractivity contribution >= 4 is 5.91 Å². The summed E-state index contributed by atoms with van der Waals surface area (Å²) in [6, 6.07) is 8.88. The second kappa shape index (κ2) is 9.94. The molecule has 30 heavy (non-hydrogen) atoms. The zero-order chi connectivity index (χ0) is 22.4. The first-order chi connectivity index (χ1) is 14.0. The number of nitrogens with one attached hydrogen (secondary N) is 2. The Hall–Kier alpha value is -2.59. The van der Waals surface area contributed by atoms with E-state index >= 15 is 0 Å². The molecule has 0 spiro atoms. The monoisotopic (exact) mass is 434 g/mol. The summed E-state index contributed by atoms with van der Waals surface area (Å²) in [4.78, 5) is 12.6. The fourth-order valence-corrected chi connectivity index (χ4v) is 2.73. The molecule has 0 aliphatic carbocycles. The van der Waals surface area contributed by atoms with Gasteiger partial charge in [0.05, 0.1) is 17.7 Å². The van der Waals surface area contributed by atoms with E-state index in [1.807, 2.05) is 0 Å². The van der Waals surface area contributed by atoms with Crippen LogP contribution < -0.4 is 10.6 Å². The van der Waals surface area contributed by atoms with Crippen LogP contribution in [0.1, 0.15) is 28.3 Å². The Morgan fingerprint density at radius 1 is 0.967 bits per heavy atom. The van der Waals surface area contributed by atoms with Crippen molar-refractivity contribution in [3.05, 3.63) is 70.8 Å². The molecule has 0 aliphatic heterocycles. The van der Waals surface area contributed by atoms with Gasteiger partial charge in [-0.15, -0.1) is 0 Å². The highest BCUT2D eigenvalue weighted by molar-refractivity contribution is 5.83. The van der Waals surface area contributed by atoms with Crippen LogP contribution >= 0.6 is 0 Å². The molecule has 0 saturated carbocycles. The van der Waals surface area contributed by atoms with Gasteiger partial charge in [-0.2, -0.15) is 26.3 Å². The highest BCUT2D eigenvalue weighted by Crippen LogP contribution is 2.36. The molecule has 2 aromatic rings. The Labute approximate surface area is 169 Å². The fourth-order valence-electron chi connectivity index (χ4n) is 2.73. The van der Waals surface area contributed by atoms with Gasteiger partial charge in [0.2, 0.25) is 5.91 Å². The number of rotatable bonds is 8. The van der Waals surface area contributed by atoms with Crippen LogP contribution in [0.25, 0.3) is 0 Å². The van der Waals surface area contributed by atoms with Gasteiger partial charge in [0.25, 0.3) is 0 Å². The van der Waals surface area contributed by atoms with Crippen molar-refractivity contribution in [3.63, 3.8) is 0 Å². The van der Waals surface area contributed by atoms with E-state index in [4.69, 9.17) is 4.74 Å². The molecule has 2 N–H and O–H groups in total. The molecule has 1 atom stereocenters. The van der Waals surface area contributed by atoms with E-state index in [1.165, 1.54) is 7.11 Å². The molecule has 0 bridgehead atoms. The maximum Gasteiger partial charge on any atom is 0.416 e. The smallest absolute Gasteiger partial charge is 0.383 e. The van der Waals surface area contributed by atoms with Crippen LogP contribution in [0.2, 0.25) is 0 Å². The van der Waals surface area contributed by atoms with Crippen molar-refractivity contribution in [2.45, 2.75) is 24.9 Å². The van der Waals surface area contributed by atoms with Gasteiger partial charge in [-0.05, 0) is 29.3 Å². The second-order valence-electron chi connectivity index (χ2n) is 6.42. The van der Waals surface area contributed by atoms with Crippen LogP contribution in [0.15, 0.2) is 48.5 Å². The molecule has 2 rings (SSSR count). The topological polar surface area (TPSA) is 50.4 Å². The van der Waals surface area contributed by atoms with Crippen molar-refractivity contribution in [3.8, 4) is 0 Å². The maximum absolute atomic E-state index is 13.0. The van der Waals surface area contributed by atoms with E-state index in [-0.39, 0.29) is 11.6 Å². The third-order valence-electron chi connectivity index (χ3n) is 4.16. The van der Waals surface area contributed by atoms with Crippen molar-refractivity contribution in [2.24, 2.45) is 0 Å². The normalized spacial score (nSPS) is 13.2. The van der Waals surface area contributed by atoms with E-state index in [1.54, 1.807) is 30.3 Å². The number of carbonyl (C=O) groups is 1. The van der Waals surface area contributed by atoms with Crippen LogP contribution in [-0.4, -0.2) is 26.2 Å². The lowest BCUT2D eigenvalue weighted by Crippen LogP contribution is -2.38. The summed E-state index contributed by atoms with van der Waals surface area (Å²) in [5.41, 5.74) is -2.58. The zero-order valence-corrected chi connectivity index (χ0v) is 15.9. The average molecular weight is 434 g/mol. The first-order valence-corrected chi connectivity index (χ1v) is 8.85. The molecule has 4 nitrogen and oxygen atoms in total. The van der Waals surface area contributed by atoms with Gasteiger partial charge in [0.15, 0.2) is 0 Å². The second-order valence-corrected chi connectivity index (χ2v) is 6.42. The van der Waals surface area contributed by atoms with E-state index in [0.29, 0.717) is 30.8 Å². The molecule has 0 aliphatic rings. The molecule has 164 valence electrons. The van der Waals surface area contributed by atoms with Gasteiger partial charge in [-0.3, -0.25) is 10.1 Å². The predicted molar refractivity (Wildman–Crippen MR) is 97.4 cm³/mol. The minimum atomic E-state index is -4.95. The molecule has 0 fully saturated rings. The lowest BCUT2D eigenvalue weighted by molar-refractivity contribution is -0.143. The molecule has 0 saturated heterocycles. The molecule has 1 unspecified atom stereocenters. The minimum absolute atomic E-state index is 0.0460. The Kier molecular flexibility index (Phi) is 7.85. The van der Waals surface area contributed by atoms with Crippen LogP contribution in [0, 0.1) is 0 Å². The first-order valence-electron chi connectivity index (χ1n) is 8.85. The number of halogens is 6. The predicted octanol–water partition coefficient (Wildman–Crippen LogP) is 4.32. The summed E-state index contributed by atoms with van der Waals surface area (Å²) < 4.78 is 82.8. The third kappa shape index (κ3) is 6.74. The van der Waals surface area contributed by atoms with E-state index in [0.717, 1.165) is 0 Å². The number of carbonyl (C=O) groups excluding carboxylic acids is 1. The molecule has 10 heteroatoms. The molecule has 0 aromatic heterocycles. The summed E-state index contributed by atoms with van der Waals surface area (Å²) in [6.45, 7) is 0.117. The summed E-state index contributed by atoms with van der Waals surface area (Å²) in [6.07, 6.45) is -9.90. The molecule has 0 radical (unpaired) electrons. The van der Waals surface area contributed by atoms with Gasteiger partial charge < -0.3 is 10.1 Å². The number of ether oxygens (including phenoxy) is 1. The Balaban J connectivity index is 2.21. The quantitative estimate of drug-likeness (QED) is 0.481. The third-order valence-corrected chi connectivity index (χ3v) is 4.16. The lowest BCUT2D eigenvalue weighted by Gasteiger charge is -2.19. The van der Waals surface area contributed by atoms with Gasteiger partial charge in [0, 0.05) is 20.2 Å². The van der Waals surface area contributed by atoms with Crippen LogP contribution in [0.5, 0.6) is 0 Å². The lowest BCUT2D eigenvalue weighted by atomic mass is 10.0. The van der Waals surface area contributed by atoms with E-state index in [2.05, 4.69) is 10.6 Å². The molecular formula is C20H20F6N2O2. The zero-order valence-electron chi connectivity index (χ0n) is 15.9. The summed E-state index contributed by atoms with van der Waals surface area (Å²) >= 11 is 0. The highest BCUT2D eigenvalue weighted by Gasteiger charge is 2.36. The molecule has 1 amide bonds.